The van der Waals surface area contributed by atoms with Gasteiger partial charge in [-0.2, -0.15) is 5.10 Å². The Hall–Kier alpha value is -1.75. The van der Waals surface area contributed by atoms with Crippen molar-refractivity contribution in [1.82, 2.24) is 9.78 Å². The van der Waals surface area contributed by atoms with E-state index in [1.807, 2.05) is 62.0 Å². The maximum atomic E-state index is 12.2. The van der Waals surface area contributed by atoms with Crippen LogP contribution in [0.4, 0.5) is 5.69 Å². The maximum Gasteiger partial charge on any atom is 0.226 e. The van der Waals surface area contributed by atoms with E-state index in [4.69, 9.17) is 0 Å². The van der Waals surface area contributed by atoms with Crippen LogP contribution in [0.25, 0.3) is 0 Å². The molecule has 0 fully saturated rings. The van der Waals surface area contributed by atoms with E-state index in [9.17, 15) is 4.79 Å². The highest BCUT2D eigenvalue weighted by atomic mass is 32.2. The van der Waals surface area contributed by atoms with E-state index < -0.39 is 0 Å². The van der Waals surface area contributed by atoms with Gasteiger partial charge in [0.2, 0.25) is 5.91 Å². The van der Waals surface area contributed by atoms with E-state index in [-0.39, 0.29) is 11.9 Å². The summed E-state index contributed by atoms with van der Waals surface area (Å²) in [7, 11) is 0. The Morgan fingerprint density at radius 3 is 2.76 bits per heavy atom. The van der Waals surface area contributed by atoms with Gasteiger partial charge in [-0.05, 0) is 51.3 Å². The molecular weight excluding hydrogens is 282 g/mol. The molecule has 21 heavy (non-hydrogen) atoms. The number of nitrogens with one attached hydrogen (secondary N) is 1. The van der Waals surface area contributed by atoms with Crippen molar-refractivity contribution in [2.24, 2.45) is 0 Å². The number of nitrogens with zero attached hydrogens (tertiary/aromatic N) is 2. The van der Waals surface area contributed by atoms with E-state index in [2.05, 4.69) is 10.4 Å². The van der Waals surface area contributed by atoms with Crippen LogP contribution in [-0.4, -0.2) is 21.9 Å². The third kappa shape index (κ3) is 4.11. The molecule has 1 aromatic carbocycles. The molecule has 1 atom stereocenters. The largest absolute Gasteiger partial charge is 0.326 e. The van der Waals surface area contributed by atoms with Crippen molar-refractivity contribution in [3.05, 3.63) is 41.7 Å². The Bertz CT molecular complexity index is 636. The maximum absolute atomic E-state index is 12.2. The molecule has 1 amide bonds. The first-order valence-corrected chi connectivity index (χ1v) is 8.18. The van der Waals surface area contributed by atoms with Gasteiger partial charge in [0.1, 0.15) is 0 Å². The zero-order valence-corrected chi connectivity index (χ0v) is 13.7. The van der Waals surface area contributed by atoms with E-state index in [1.165, 1.54) is 0 Å². The van der Waals surface area contributed by atoms with Crippen molar-refractivity contribution in [3.8, 4) is 0 Å². The first kappa shape index (κ1) is 15.6. The number of hydrogen-bond acceptors (Lipinski definition) is 3. The third-order valence-corrected chi connectivity index (χ3v) is 4.02. The number of carbonyl (C=O) groups is 1. The fourth-order valence-electron chi connectivity index (χ4n) is 2.36. The topological polar surface area (TPSA) is 46.9 Å². The molecule has 2 aromatic rings. The predicted molar refractivity (Wildman–Crippen MR) is 87.9 cm³/mol. The van der Waals surface area contributed by atoms with Gasteiger partial charge >= 0.3 is 0 Å². The van der Waals surface area contributed by atoms with Crippen LogP contribution >= 0.6 is 11.8 Å². The number of anilines is 1. The molecule has 0 radical (unpaired) electrons. The molecule has 0 aliphatic carbocycles. The Morgan fingerprint density at radius 2 is 2.14 bits per heavy atom. The van der Waals surface area contributed by atoms with Crippen LogP contribution in [0, 0.1) is 13.8 Å². The van der Waals surface area contributed by atoms with E-state index >= 15 is 0 Å². The predicted octanol–water partition coefficient (Wildman–Crippen LogP) is 3.81. The molecule has 0 bridgehead atoms. The summed E-state index contributed by atoms with van der Waals surface area (Å²) in [6.07, 6.45) is 2.43. The average Bonchev–Trinajstić information content (AvgIpc) is 2.77. The van der Waals surface area contributed by atoms with Gasteiger partial charge < -0.3 is 5.32 Å². The number of benzene rings is 1. The molecule has 1 aromatic heterocycles. The van der Waals surface area contributed by atoms with Crippen LogP contribution in [0.1, 0.15) is 30.8 Å². The summed E-state index contributed by atoms with van der Waals surface area (Å²) >= 11 is 1.66. The molecule has 5 heteroatoms. The zero-order chi connectivity index (χ0) is 15.4. The Morgan fingerprint density at radius 1 is 1.38 bits per heavy atom. The molecule has 0 saturated heterocycles. The van der Waals surface area contributed by atoms with Gasteiger partial charge in [-0.1, -0.05) is 6.07 Å². The van der Waals surface area contributed by atoms with Gasteiger partial charge in [0.25, 0.3) is 0 Å². The van der Waals surface area contributed by atoms with Crippen LogP contribution in [0.5, 0.6) is 0 Å². The monoisotopic (exact) mass is 303 g/mol. The lowest BCUT2D eigenvalue weighted by atomic mass is 10.2. The number of aromatic nitrogens is 2. The fourth-order valence-corrected chi connectivity index (χ4v) is 2.82. The minimum atomic E-state index is 0.00769. The number of carbonyl (C=O) groups excluding carboxylic acids is 1. The fraction of sp³-hybridized carbons (Fsp3) is 0.375. The normalized spacial score (nSPS) is 12.2. The molecule has 112 valence electrons. The highest BCUT2D eigenvalue weighted by molar-refractivity contribution is 7.98. The summed E-state index contributed by atoms with van der Waals surface area (Å²) in [5.41, 5.74) is 2.90. The van der Waals surface area contributed by atoms with Crippen LogP contribution in [-0.2, 0) is 4.79 Å². The molecule has 0 aliphatic heterocycles. The first-order valence-electron chi connectivity index (χ1n) is 6.96. The SMILES string of the molecule is CSc1cccc(NC(=O)CC(C)n2nc(C)cc2C)c1. The van der Waals surface area contributed by atoms with Gasteiger partial charge in [-0.3, -0.25) is 9.48 Å². The zero-order valence-electron chi connectivity index (χ0n) is 12.9. The lowest BCUT2D eigenvalue weighted by molar-refractivity contribution is -0.116. The lowest BCUT2D eigenvalue weighted by Crippen LogP contribution is -2.19. The van der Waals surface area contributed by atoms with Crippen molar-refractivity contribution in [2.45, 2.75) is 38.1 Å². The second-order valence-electron chi connectivity index (χ2n) is 5.20. The van der Waals surface area contributed by atoms with Crippen molar-refractivity contribution >= 4 is 23.4 Å². The molecule has 1 heterocycles. The minimum Gasteiger partial charge on any atom is -0.326 e. The minimum absolute atomic E-state index is 0.00769. The second-order valence-corrected chi connectivity index (χ2v) is 6.08. The number of amides is 1. The number of aryl methyl sites for hydroxylation is 2. The van der Waals surface area contributed by atoms with Crippen LogP contribution < -0.4 is 5.32 Å². The summed E-state index contributed by atoms with van der Waals surface area (Å²) in [4.78, 5) is 13.3. The quantitative estimate of drug-likeness (QED) is 0.854. The van der Waals surface area contributed by atoms with E-state index in [0.29, 0.717) is 6.42 Å². The molecular formula is C16H21N3OS. The molecule has 4 nitrogen and oxygen atoms in total. The second kappa shape index (κ2) is 6.80. The summed E-state index contributed by atoms with van der Waals surface area (Å²) in [5.74, 6) is 0.00769. The molecule has 2 rings (SSSR count). The smallest absolute Gasteiger partial charge is 0.226 e. The molecule has 1 N–H and O–H groups in total. The summed E-state index contributed by atoms with van der Waals surface area (Å²) < 4.78 is 1.91. The molecule has 0 saturated carbocycles. The van der Waals surface area contributed by atoms with Crippen LogP contribution in [0.3, 0.4) is 0 Å². The molecule has 0 aliphatic rings. The van der Waals surface area contributed by atoms with Gasteiger partial charge in [0.15, 0.2) is 0 Å². The molecule has 1 unspecified atom stereocenters. The van der Waals surface area contributed by atoms with Crippen LogP contribution in [0.15, 0.2) is 35.2 Å². The Kier molecular flexibility index (Phi) is 5.07. The van der Waals surface area contributed by atoms with Crippen molar-refractivity contribution < 1.29 is 4.79 Å². The highest BCUT2D eigenvalue weighted by Crippen LogP contribution is 2.20. The van der Waals surface area contributed by atoms with Gasteiger partial charge in [0, 0.05) is 22.7 Å². The van der Waals surface area contributed by atoms with Crippen LogP contribution in [0.2, 0.25) is 0 Å². The van der Waals surface area contributed by atoms with E-state index in [0.717, 1.165) is 22.0 Å². The standard InChI is InChI=1S/C16H21N3OS/c1-11-8-12(2)19(18-11)13(3)9-16(20)17-14-6-5-7-15(10-14)21-4/h5-8,10,13H,9H2,1-4H3,(H,17,20). The number of hydrogen-bond donors (Lipinski definition) is 1. The number of rotatable bonds is 5. The van der Waals surface area contributed by atoms with Gasteiger partial charge in [-0.25, -0.2) is 0 Å². The first-order chi connectivity index (χ1) is 9.99. The summed E-state index contributed by atoms with van der Waals surface area (Å²) in [5, 5.41) is 7.38. The highest BCUT2D eigenvalue weighted by Gasteiger charge is 2.14. The van der Waals surface area contributed by atoms with E-state index in [1.54, 1.807) is 11.8 Å². The third-order valence-electron chi connectivity index (χ3n) is 3.30. The molecule has 0 spiro atoms. The van der Waals surface area contributed by atoms with Crippen molar-refractivity contribution in [1.29, 1.82) is 0 Å². The summed E-state index contributed by atoms with van der Waals surface area (Å²) in [6.45, 7) is 5.98. The Balaban J connectivity index is 1.99. The lowest BCUT2D eigenvalue weighted by Gasteiger charge is -2.14. The van der Waals surface area contributed by atoms with Crippen molar-refractivity contribution in [2.75, 3.05) is 11.6 Å². The van der Waals surface area contributed by atoms with Crippen molar-refractivity contribution in [3.63, 3.8) is 0 Å². The summed E-state index contributed by atoms with van der Waals surface area (Å²) in [6, 6.07) is 9.94. The van der Waals surface area contributed by atoms with Gasteiger partial charge in [-0.15, -0.1) is 11.8 Å². The average molecular weight is 303 g/mol. The Labute approximate surface area is 129 Å². The number of thioether (sulfide) groups is 1. The van der Waals surface area contributed by atoms with Gasteiger partial charge in [0.05, 0.1) is 11.7 Å².